The summed E-state index contributed by atoms with van der Waals surface area (Å²) < 4.78 is 15.3. The number of nitrogens with one attached hydrogen (secondary N) is 1. The molecule has 3 nitrogen and oxygen atoms in total. The largest absolute Gasteiger partial charge is 0.301 e. The van der Waals surface area contributed by atoms with Gasteiger partial charge in [-0.25, -0.2) is 4.39 Å². The van der Waals surface area contributed by atoms with Crippen LogP contribution >= 0.6 is 28.3 Å². The van der Waals surface area contributed by atoms with E-state index in [9.17, 15) is 4.39 Å². The first-order valence-corrected chi connectivity index (χ1v) is 8.52. The van der Waals surface area contributed by atoms with Gasteiger partial charge in [0, 0.05) is 29.0 Å². The average Bonchev–Trinajstić information content (AvgIpc) is 2.99. The number of hydrogen-bond donors (Lipinski definition) is 1. The summed E-state index contributed by atoms with van der Waals surface area (Å²) >= 11 is 3.45. The molecular formula is C16H23BrClFN2O. The maximum atomic E-state index is 14.4. The van der Waals surface area contributed by atoms with Gasteiger partial charge in [0.15, 0.2) is 0 Å². The van der Waals surface area contributed by atoms with Gasteiger partial charge in [0.05, 0.1) is 12.1 Å². The molecule has 2 aliphatic heterocycles. The summed E-state index contributed by atoms with van der Waals surface area (Å²) in [5.41, 5.74) is 3.45. The molecule has 0 amide bonds. The van der Waals surface area contributed by atoms with Crippen LogP contribution in [0, 0.1) is 11.7 Å². The molecule has 2 saturated heterocycles. The molecule has 2 unspecified atom stereocenters. The van der Waals surface area contributed by atoms with E-state index in [1.165, 1.54) is 25.3 Å². The molecule has 0 aromatic heterocycles. The second-order valence-corrected chi connectivity index (χ2v) is 7.06. The number of hydroxylamine groups is 1. The zero-order valence-electron chi connectivity index (χ0n) is 12.8. The molecule has 2 fully saturated rings. The SMILES string of the molecule is CCCCCN1CC2CONC2(c2cc(Br)ccc2F)C1.Cl. The molecular weight excluding hydrogens is 371 g/mol. The second kappa shape index (κ2) is 7.58. The number of likely N-dealkylation sites (tertiary alicyclic amines) is 1. The number of benzene rings is 1. The molecule has 124 valence electrons. The van der Waals surface area contributed by atoms with Crippen LogP contribution in [0.15, 0.2) is 22.7 Å². The van der Waals surface area contributed by atoms with Crippen molar-refractivity contribution in [3.63, 3.8) is 0 Å². The van der Waals surface area contributed by atoms with Gasteiger partial charge < -0.3 is 9.74 Å². The number of hydrogen-bond acceptors (Lipinski definition) is 3. The third kappa shape index (κ3) is 3.34. The predicted octanol–water partition coefficient (Wildman–Crippen LogP) is 3.86. The highest BCUT2D eigenvalue weighted by Crippen LogP contribution is 2.42. The number of fused-ring (bicyclic) bond motifs is 1. The molecule has 0 spiro atoms. The lowest BCUT2D eigenvalue weighted by atomic mass is 9.82. The van der Waals surface area contributed by atoms with Crippen LogP contribution in [-0.4, -0.2) is 31.1 Å². The quantitative estimate of drug-likeness (QED) is 0.769. The molecule has 2 atom stereocenters. The van der Waals surface area contributed by atoms with Crippen molar-refractivity contribution in [3.8, 4) is 0 Å². The summed E-state index contributed by atoms with van der Waals surface area (Å²) in [7, 11) is 0. The van der Waals surface area contributed by atoms with Crippen LogP contribution in [0.2, 0.25) is 0 Å². The first kappa shape index (κ1) is 18.1. The Labute approximate surface area is 146 Å². The molecule has 0 aliphatic carbocycles. The molecule has 1 aromatic rings. The molecule has 0 bridgehead atoms. The lowest BCUT2D eigenvalue weighted by molar-refractivity contribution is 0.0465. The highest BCUT2D eigenvalue weighted by Gasteiger charge is 2.52. The smallest absolute Gasteiger partial charge is 0.128 e. The lowest BCUT2D eigenvalue weighted by Crippen LogP contribution is -2.44. The van der Waals surface area contributed by atoms with Gasteiger partial charge in [0.1, 0.15) is 5.82 Å². The zero-order chi connectivity index (χ0) is 14.9. The van der Waals surface area contributed by atoms with Crippen LogP contribution in [0.3, 0.4) is 0 Å². The predicted molar refractivity (Wildman–Crippen MR) is 91.6 cm³/mol. The summed E-state index contributed by atoms with van der Waals surface area (Å²) in [6, 6.07) is 5.17. The van der Waals surface area contributed by atoms with Crippen LogP contribution in [0.4, 0.5) is 4.39 Å². The van der Waals surface area contributed by atoms with E-state index in [0.29, 0.717) is 12.5 Å². The van der Waals surface area contributed by atoms with Crippen molar-refractivity contribution in [2.24, 2.45) is 5.92 Å². The number of unbranched alkanes of at least 4 members (excludes halogenated alkanes) is 2. The van der Waals surface area contributed by atoms with Gasteiger partial charge in [-0.1, -0.05) is 35.7 Å². The Hall–Kier alpha value is -0.200. The highest BCUT2D eigenvalue weighted by molar-refractivity contribution is 9.10. The maximum Gasteiger partial charge on any atom is 0.128 e. The molecule has 1 aromatic carbocycles. The van der Waals surface area contributed by atoms with Gasteiger partial charge in [0.2, 0.25) is 0 Å². The van der Waals surface area contributed by atoms with Gasteiger partial charge >= 0.3 is 0 Å². The minimum Gasteiger partial charge on any atom is -0.301 e. The van der Waals surface area contributed by atoms with E-state index in [1.54, 1.807) is 6.07 Å². The molecule has 0 saturated carbocycles. The first-order valence-electron chi connectivity index (χ1n) is 7.72. The minimum atomic E-state index is -0.403. The summed E-state index contributed by atoms with van der Waals surface area (Å²) in [5, 5.41) is 0. The fourth-order valence-electron chi connectivity index (χ4n) is 3.55. The van der Waals surface area contributed by atoms with Crippen molar-refractivity contribution in [3.05, 3.63) is 34.1 Å². The van der Waals surface area contributed by atoms with Gasteiger partial charge in [-0.15, -0.1) is 12.4 Å². The molecule has 3 rings (SSSR count). The molecule has 22 heavy (non-hydrogen) atoms. The van der Waals surface area contributed by atoms with E-state index < -0.39 is 5.54 Å². The van der Waals surface area contributed by atoms with E-state index in [0.717, 1.165) is 29.7 Å². The van der Waals surface area contributed by atoms with Crippen LogP contribution in [0.5, 0.6) is 0 Å². The van der Waals surface area contributed by atoms with E-state index in [2.05, 4.69) is 33.2 Å². The van der Waals surface area contributed by atoms with Crippen molar-refractivity contribution in [2.45, 2.75) is 31.7 Å². The van der Waals surface area contributed by atoms with Gasteiger partial charge in [-0.3, -0.25) is 0 Å². The first-order chi connectivity index (χ1) is 10.2. The topological polar surface area (TPSA) is 24.5 Å². The number of nitrogens with zero attached hydrogens (tertiary/aromatic N) is 1. The van der Waals surface area contributed by atoms with Crippen LogP contribution in [0.25, 0.3) is 0 Å². The monoisotopic (exact) mass is 392 g/mol. The van der Waals surface area contributed by atoms with Crippen LogP contribution in [-0.2, 0) is 10.4 Å². The fraction of sp³-hybridized carbons (Fsp3) is 0.625. The Bertz CT molecular complexity index is 519. The Morgan fingerprint density at radius 2 is 2.27 bits per heavy atom. The minimum absolute atomic E-state index is 0. The summed E-state index contributed by atoms with van der Waals surface area (Å²) in [5.74, 6) is 0.152. The van der Waals surface area contributed by atoms with Crippen molar-refractivity contribution >= 4 is 28.3 Å². The zero-order valence-corrected chi connectivity index (χ0v) is 15.2. The lowest BCUT2D eigenvalue weighted by Gasteiger charge is -2.29. The summed E-state index contributed by atoms with van der Waals surface area (Å²) in [6.07, 6.45) is 3.69. The van der Waals surface area contributed by atoms with Crippen LogP contribution < -0.4 is 5.48 Å². The highest BCUT2D eigenvalue weighted by atomic mass is 79.9. The van der Waals surface area contributed by atoms with Crippen LogP contribution in [0.1, 0.15) is 31.7 Å². The third-order valence-corrected chi connectivity index (χ3v) is 5.17. The van der Waals surface area contributed by atoms with Gasteiger partial charge in [0.25, 0.3) is 0 Å². The Morgan fingerprint density at radius 1 is 1.45 bits per heavy atom. The number of rotatable bonds is 5. The van der Waals surface area contributed by atoms with E-state index >= 15 is 0 Å². The Balaban J connectivity index is 0.00000176. The standard InChI is InChI=1S/C16H22BrFN2O.ClH/c1-2-3-4-7-20-9-12-10-21-19-16(12,11-20)14-8-13(17)5-6-15(14)18;/h5-6,8,12,19H,2-4,7,9-11H2,1H3;1H. The van der Waals surface area contributed by atoms with Crippen molar-refractivity contribution in [2.75, 3.05) is 26.2 Å². The van der Waals surface area contributed by atoms with E-state index in [-0.39, 0.29) is 18.2 Å². The van der Waals surface area contributed by atoms with Crippen molar-refractivity contribution in [1.29, 1.82) is 0 Å². The Kier molecular flexibility index (Phi) is 6.25. The second-order valence-electron chi connectivity index (χ2n) is 6.15. The van der Waals surface area contributed by atoms with Crippen molar-refractivity contribution in [1.82, 2.24) is 10.4 Å². The maximum absolute atomic E-state index is 14.4. The summed E-state index contributed by atoms with van der Waals surface area (Å²) in [4.78, 5) is 7.92. The number of halogens is 3. The average molecular weight is 394 g/mol. The fourth-order valence-corrected chi connectivity index (χ4v) is 3.91. The summed E-state index contributed by atoms with van der Waals surface area (Å²) in [6.45, 7) is 5.74. The van der Waals surface area contributed by atoms with Gasteiger partial charge in [-0.05, 0) is 31.2 Å². The Morgan fingerprint density at radius 3 is 3.05 bits per heavy atom. The van der Waals surface area contributed by atoms with E-state index in [1.807, 2.05) is 6.07 Å². The molecule has 2 aliphatic rings. The van der Waals surface area contributed by atoms with E-state index in [4.69, 9.17) is 4.84 Å². The molecule has 0 radical (unpaired) electrons. The van der Waals surface area contributed by atoms with Gasteiger partial charge in [-0.2, -0.15) is 5.48 Å². The molecule has 6 heteroatoms. The molecule has 2 heterocycles. The normalized spacial score (nSPS) is 27.7. The third-order valence-electron chi connectivity index (χ3n) is 4.67. The van der Waals surface area contributed by atoms with Crippen molar-refractivity contribution < 1.29 is 9.23 Å². The molecule has 1 N–H and O–H groups in total.